The molecule has 1 aliphatic rings. The summed E-state index contributed by atoms with van der Waals surface area (Å²) in [6.07, 6.45) is 0. The summed E-state index contributed by atoms with van der Waals surface area (Å²) in [6.45, 7) is 0. The van der Waals surface area contributed by atoms with Crippen LogP contribution in [0.4, 0.5) is 0 Å². The fourth-order valence-corrected chi connectivity index (χ4v) is 41.6. The molecule has 6 nitrogen and oxygen atoms in total. The van der Waals surface area contributed by atoms with Gasteiger partial charge in [-0.3, -0.25) is 0 Å². The Morgan fingerprint density at radius 1 is 0.197 bits per heavy atom. The monoisotopic (exact) mass is 1180 g/mol. The van der Waals surface area contributed by atoms with Crippen molar-refractivity contribution in [2.75, 3.05) is 0 Å². The summed E-state index contributed by atoms with van der Waals surface area (Å²) in [7, 11) is -3.87. The fourth-order valence-electron chi connectivity index (χ4n) is 9.14. The third-order valence-corrected chi connectivity index (χ3v) is 46.2. The third-order valence-electron chi connectivity index (χ3n) is 12.1. The molecule has 9 aromatic carbocycles. The zero-order valence-corrected chi connectivity index (χ0v) is 44.7. The van der Waals surface area contributed by atoms with Gasteiger partial charge in [-0.25, -0.2) is 0 Å². The predicted octanol–water partition coefficient (Wildman–Crippen LogP) is 5.06. The molecule has 66 heavy (non-hydrogen) atoms. The number of rotatable bonds is 15. The van der Waals surface area contributed by atoms with E-state index >= 15 is 0 Å². The van der Waals surface area contributed by atoms with E-state index in [1.54, 1.807) is 0 Å². The van der Waals surface area contributed by atoms with Crippen LogP contribution in [-0.4, -0.2) is 78.3 Å². The van der Waals surface area contributed by atoms with E-state index in [0.717, 1.165) is 32.2 Å². The van der Waals surface area contributed by atoms with Crippen LogP contribution < -0.4 is 32.2 Å². The van der Waals surface area contributed by atoms with E-state index in [0.29, 0.717) is 0 Å². The first-order valence-corrected chi connectivity index (χ1v) is 38.5. The number of benzene rings is 9. The SMILES string of the molecule is c1cc[c]([Sn]([O]B2OB([O][Sn]([c]3ccccc3)([c]3ccccc3)[c]3ccccc3)OB([O][Sn]([c]3ccccc3)([c]3ccccc3)[c]3ccccc3)O2)([c]2ccccc2)[c]2ccccc2)cc1. The summed E-state index contributed by atoms with van der Waals surface area (Å²) in [5.74, 6) is 0. The molecule has 0 aromatic heterocycles. The Kier molecular flexibility index (Phi) is 14.4. The van der Waals surface area contributed by atoms with E-state index in [2.05, 4.69) is 218 Å². The van der Waals surface area contributed by atoms with Crippen LogP contribution in [0, 0.1) is 0 Å². The van der Waals surface area contributed by atoms with Crippen LogP contribution in [0.2, 0.25) is 0 Å². The maximum absolute atomic E-state index is 7.73. The van der Waals surface area contributed by atoms with Crippen LogP contribution in [0.5, 0.6) is 0 Å². The molecule has 0 radical (unpaired) electrons. The van der Waals surface area contributed by atoms with Gasteiger partial charge in [-0.15, -0.1) is 0 Å². The van der Waals surface area contributed by atoms with Crippen molar-refractivity contribution in [1.82, 2.24) is 0 Å². The van der Waals surface area contributed by atoms with Crippen molar-refractivity contribution in [3.8, 4) is 0 Å². The molecule has 12 heteroatoms. The summed E-state index contributed by atoms with van der Waals surface area (Å²) in [5.41, 5.74) is 0. The Bertz CT molecular complexity index is 2270. The molecule has 0 saturated carbocycles. The average Bonchev–Trinajstić information content (AvgIpc) is 3.41. The van der Waals surface area contributed by atoms with Crippen molar-refractivity contribution >= 4 is 111 Å². The van der Waals surface area contributed by atoms with E-state index in [-0.39, 0.29) is 0 Å². The van der Waals surface area contributed by atoms with Gasteiger partial charge in [0.2, 0.25) is 0 Å². The van der Waals surface area contributed by atoms with Crippen molar-refractivity contribution in [2.24, 2.45) is 0 Å². The summed E-state index contributed by atoms with van der Waals surface area (Å²) in [4.78, 5) is 0. The Labute approximate surface area is 402 Å². The molecule has 1 saturated heterocycles. The summed E-state index contributed by atoms with van der Waals surface area (Å²) >= 11 is -13.8. The van der Waals surface area contributed by atoms with Gasteiger partial charge in [-0.2, -0.15) is 0 Å². The topological polar surface area (TPSA) is 55.4 Å². The second-order valence-corrected chi connectivity index (χ2v) is 44.5. The van der Waals surface area contributed by atoms with Gasteiger partial charge in [0.05, 0.1) is 0 Å². The molecule has 0 spiro atoms. The average molecular weight is 1180 g/mol. The Balaban J connectivity index is 1.17. The molecule has 1 aliphatic heterocycles. The molecular weight excluding hydrogens is 1130 g/mol. The molecule has 1 fully saturated rings. The second kappa shape index (κ2) is 21.1. The van der Waals surface area contributed by atoms with Crippen LogP contribution >= 0.6 is 0 Å². The first-order valence-electron chi connectivity index (χ1n) is 22.2. The summed E-state index contributed by atoms with van der Waals surface area (Å²) in [5, 5.41) is 0. The standard InChI is InChI=1S/9C6H5.B3O6.3Sn/c9*1-2-4-6-5-3-1;4-1-7-2(5)9-3(6)8-1;;;/h9*1-5H;;;;/q;;;;;;;;;-3;3*+1. The second-order valence-electron chi connectivity index (χ2n) is 16.0. The molecule has 1 heterocycles. The molecule has 0 N–H and O–H groups in total. The van der Waals surface area contributed by atoms with Gasteiger partial charge < -0.3 is 0 Å². The molecule has 9 aromatic rings. The van der Waals surface area contributed by atoms with E-state index in [9.17, 15) is 0 Å². The Hall–Kier alpha value is -4.67. The number of hydrogen-bond acceptors (Lipinski definition) is 6. The predicted molar refractivity (Wildman–Crippen MR) is 276 cm³/mol. The van der Waals surface area contributed by atoms with Crippen LogP contribution in [-0.2, 0) is 22.7 Å². The zero-order chi connectivity index (χ0) is 44.5. The Morgan fingerprint density at radius 2 is 0.318 bits per heavy atom. The van der Waals surface area contributed by atoms with Crippen LogP contribution in [0.1, 0.15) is 0 Å². The van der Waals surface area contributed by atoms with Crippen molar-refractivity contribution < 1.29 is 22.7 Å². The van der Waals surface area contributed by atoms with Crippen molar-refractivity contribution in [3.05, 3.63) is 273 Å². The van der Waals surface area contributed by atoms with Crippen LogP contribution in [0.25, 0.3) is 0 Å². The molecule has 10 rings (SSSR count). The first-order chi connectivity index (χ1) is 32.7. The van der Waals surface area contributed by atoms with Gasteiger partial charge in [-0.05, 0) is 0 Å². The van der Waals surface area contributed by atoms with Gasteiger partial charge >= 0.3 is 406 Å². The molecule has 318 valence electrons. The molecule has 0 atom stereocenters. The van der Waals surface area contributed by atoms with Gasteiger partial charge in [0.1, 0.15) is 0 Å². The van der Waals surface area contributed by atoms with Gasteiger partial charge in [0.15, 0.2) is 0 Å². The summed E-state index contributed by atoms with van der Waals surface area (Å²) < 4.78 is 54.2. The van der Waals surface area contributed by atoms with Crippen LogP contribution in [0.3, 0.4) is 0 Å². The van der Waals surface area contributed by atoms with Crippen molar-refractivity contribution in [1.29, 1.82) is 0 Å². The number of hydrogen-bond donors (Lipinski definition) is 0. The van der Waals surface area contributed by atoms with Gasteiger partial charge in [0.25, 0.3) is 0 Å². The molecule has 0 amide bonds. The fraction of sp³-hybridized carbons (Fsp3) is 0. The van der Waals surface area contributed by atoms with Crippen LogP contribution in [0.15, 0.2) is 273 Å². The van der Waals surface area contributed by atoms with E-state index < -0.39 is 78.3 Å². The Morgan fingerprint density at radius 3 is 0.439 bits per heavy atom. The van der Waals surface area contributed by atoms with E-state index in [1.165, 1.54) is 0 Å². The minimum absolute atomic E-state index is 1.09. The first kappa shape index (κ1) is 45.1. The van der Waals surface area contributed by atoms with E-state index in [4.69, 9.17) is 22.7 Å². The molecule has 0 bridgehead atoms. The van der Waals surface area contributed by atoms with E-state index in [1.807, 2.05) is 54.6 Å². The van der Waals surface area contributed by atoms with Gasteiger partial charge in [0, 0.05) is 0 Å². The van der Waals surface area contributed by atoms with Crippen molar-refractivity contribution in [2.45, 2.75) is 0 Å². The molecule has 0 aliphatic carbocycles. The minimum atomic E-state index is -4.60. The zero-order valence-electron chi connectivity index (χ0n) is 36.2. The quantitative estimate of drug-likeness (QED) is 0.134. The van der Waals surface area contributed by atoms with Gasteiger partial charge in [-0.1, -0.05) is 0 Å². The molecule has 0 unspecified atom stereocenters. The van der Waals surface area contributed by atoms with Crippen molar-refractivity contribution in [3.63, 3.8) is 0 Å². The molecular formula is C54H45B3O6Sn3. The maximum atomic E-state index is 7.73. The summed E-state index contributed by atoms with van der Waals surface area (Å²) in [6, 6.07) is 94.7. The third kappa shape index (κ3) is 9.18. The normalized spacial score (nSPS) is 13.4.